The number of hydrogen-bond donors (Lipinski definition) is 1. The van der Waals surface area contributed by atoms with Gasteiger partial charge in [0.25, 0.3) is 5.91 Å². The lowest BCUT2D eigenvalue weighted by molar-refractivity contribution is -0.110. The standard InChI is InChI=1S/C22H18BrClN2O/c1-12-8-17(5-7-20(12)23)26-13(2)9-15(14(26)3)10-19-18-6-4-16(24)11-21(18)25-22(19)27/h4-11H,1-3H3,(H,25,27)/b19-10+. The quantitative estimate of drug-likeness (QED) is 0.464. The molecule has 0 bridgehead atoms. The van der Waals surface area contributed by atoms with Crippen LogP contribution in [0.25, 0.3) is 17.3 Å². The predicted molar refractivity (Wildman–Crippen MR) is 116 cm³/mol. The largest absolute Gasteiger partial charge is 0.321 e. The van der Waals surface area contributed by atoms with Gasteiger partial charge in [-0.25, -0.2) is 0 Å². The molecule has 0 unspecified atom stereocenters. The molecule has 1 aromatic heterocycles. The van der Waals surface area contributed by atoms with E-state index >= 15 is 0 Å². The molecule has 0 spiro atoms. The number of aryl methyl sites for hydroxylation is 2. The molecule has 1 amide bonds. The maximum atomic E-state index is 12.5. The van der Waals surface area contributed by atoms with Gasteiger partial charge in [-0.1, -0.05) is 33.6 Å². The molecule has 27 heavy (non-hydrogen) atoms. The Hall–Kier alpha value is -2.30. The molecule has 3 nitrogen and oxygen atoms in total. The summed E-state index contributed by atoms with van der Waals surface area (Å²) in [6, 6.07) is 13.9. The molecule has 2 aromatic carbocycles. The van der Waals surface area contributed by atoms with Crippen molar-refractivity contribution in [3.63, 3.8) is 0 Å². The molecule has 136 valence electrons. The number of nitrogens with one attached hydrogen (secondary N) is 1. The third-order valence-electron chi connectivity index (χ3n) is 4.93. The van der Waals surface area contributed by atoms with Crippen molar-refractivity contribution in [3.05, 3.63) is 80.0 Å². The maximum Gasteiger partial charge on any atom is 0.256 e. The SMILES string of the molecule is Cc1cc(-n2c(C)cc(/C=C3/C(=O)Nc4cc(Cl)ccc43)c2C)ccc1Br. The van der Waals surface area contributed by atoms with Crippen LogP contribution >= 0.6 is 27.5 Å². The van der Waals surface area contributed by atoms with Crippen LogP contribution in [0.5, 0.6) is 0 Å². The summed E-state index contributed by atoms with van der Waals surface area (Å²) in [7, 11) is 0. The second kappa shape index (κ2) is 6.70. The van der Waals surface area contributed by atoms with Crippen LogP contribution in [0.3, 0.4) is 0 Å². The van der Waals surface area contributed by atoms with Crippen molar-refractivity contribution in [2.45, 2.75) is 20.8 Å². The third-order valence-corrected chi connectivity index (χ3v) is 6.06. The summed E-state index contributed by atoms with van der Waals surface area (Å²) in [5, 5.41) is 3.50. The van der Waals surface area contributed by atoms with E-state index in [1.165, 1.54) is 5.56 Å². The number of amides is 1. The zero-order valence-corrected chi connectivity index (χ0v) is 17.6. The fourth-order valence-corrected chi connectivity index (χ4v) is 3.98. The minimum atomic E-state index is -0.100. The van der Waals surface area contributed by atoms with Gasteiger partial charge in [-0.2, -0.15) is 0 Å². The number of nitrogens with zero attached hydrogens (tertiary/aromatic N) is 1. The summed E-state index contributed by atoms with van der Waals surface area (Å²) >= 11 is 9.60. The molecule has 1 aliphatic heterocycles. The van der Waals surface area contributed by atoms with Gasteiger partial charge in [-0.15, -0.1) is 0 Å². The molecule has 0 atom stereocenters. The van der Waals surface area contributed by atoms with E-state index in [9.17, 15) is 4.79 Å². The minimum Gasteiger partial charge on any atom is -0.321 e. The van der Waals surface area contributed by atoms with E-state index in [0.29, 0.717) is 10.6 Å². The average Bonchev–Trinajstić information content (AvgIpc) is 3.06. The first-order valence-electron chi connectivity index (χ1n) is 8.63. The summed E-state index contributed by atoms with van der Waals surface area (Å²) in [6.45, 7) is 6.23. The highest BCUT2D eigenvalue weighted by Gasteiger charge is 2.25. The number of halogens is 2. The molecular weight excluding hydrogens is 424 g/mol. The lowest BCUT2D eigenvalue weighted by Crippen LogP contribution is -2.03. The number of anilines is 1. The summed E-state index contributed by atoms with van der Waals surface area (Å²) in [6.07, 6.45) is 1.96. The van der Waals surface area contributed by atoms with Gasteiger partial charge in [-0.3, -0.25) is 4.79 Å². The second-order valence-corrected chi connectivity index (χ2v) is 8.09. The molecule has 0 saturated carbocycles. The highest BCUT2D eigenvalue weighted by Crippen LogP contribution is 2.36. The molecule has 4 rings (SSSR count). The van der Waals surface area contributed by atoms with Gasteiger partial charge < -0.3 is 9.88 Å². The summed E-state index contributed by atoms with van der Waals surface area (Å²) in [5.41, 5.74) is 7.84. The molecule has 1 aliphatic rings. The van der Waals surface area contributed by atoms with Crippen molar-refractivity contribution < 1.29 is 4.79 Å². The lowest BCUT2D eigenvalue weighted by Gasteiger charge is -2.11. The highest BCUT2D eigenvalue weighted by atomic mass is 79.9. The number of carbonyl (C=O) groups excluding carboxylic acids is 1. The van der Waals surface area contributed by atoms with Crippen LogP contribution in [0.15, 0.2) is 46.9 Å². The molecule has 0 saturated heterocycles. The van der Waals surface area contributed by atoms with E-state index in [0.717, 1.165) is 38.4 Å². The molecule has 3 aromatic rings. The van der Waals surface area contributed by atoms with Gasteiger partial charge in [0.05, 0.1) is 5.69 Å². The number of fused-ring (bicyclic) bond motifs is 1. The van der Waals surface area contributed by atoms with Gasteiger partial charge in [0.1, 0.15) is 0 Å². The van der Waals surface area contributed by atoms with Crippen LogP contribution in [-0.4, -0.2) is 10.5 Å². The van der Waals surface area contributed by atoms with Crippen LogP contribution in [0, 0.1) is 20.8 Å². The van der Waals surface area contributed by atoms with Crippen LogP contribution in [-0.2, 0) is 4.79 Å². The Kier molecular flexibility index (Phi) is 4.49. The number of aromatic nitrogens is 1. The molecular formula is C22H18BrClN2O. The van der Waals surface area contributed by atoms with Gasteiger partial charge >= 0.3 is 0 Å². The molecule has 0 fully saturated rings. The Morgan fingerprint density at radius 3 is 2.59 bits per heavy atom. The summed E-state index contributed by atoms with van der Waals surface area (Å²) in [5.74, 6) is -0.100. The number of hydrogen-bond acceptors (Lipinski definition) is 1. The number of rotatable bonds is 2. The zero-order chi connectivity index (χ0) is 19.3. The highest BCUT2D eigenvalue weighted by molar-refractivity contribution is 9.10. The van der Waals surface area contributed by atoms with Crippen LogP contribution in [0.2, 0.25) is 5.02 Å². The Morgan fingerprint density at radius 1 is 1.07 bits per heavy atom. The van der Waals surface area contributed by atoms with E-state index < -0.39 is 0 Å². The average molecular weight is 442 g/mol. The Balaban J connectivity index is 1.82. The molecule has 0 aliphatic carbocycles. The normalized spacial score (nSPS) is 14.6. The fourth-order valence-electron chi connectivity index (χ4n) is 3.56. The topological polar surface area (TPSA) is 34.0 Å². The minimum absolute atomic E-state index is 0.100. The number of benzene rings is 2. The van der Waals surface area contributed by atoms with Crippen molar-refractivity contribution in [1.29, 1.82) is 0 Å². The Morgan fingerprint density at radius 2 is 1.85 bits per heavy atom. The van der Waals surface area contributed by atoms with Crippen molar-refractivity contribution in [1.82, 2.24) is 4.57 Å². The van der Waals surface area contributed by atoms with Crippen molar-refractivity contribution in [3.8, 4) is 5.69 Å². The zero-order valence-electron chi connectivity index (χ0n) is 15.2. The van der Waals surface area contributed by atoms with Gasteiger partial charge in [-0.05, 0) is 74.4 Å². The first-order valence-corrected chi connectivity index (χ1v) is 9.80. The number of carbonyl (C=O) groups is 1. The Labute approximate surface area is 171 Å². The lowest BCUT2D eigenvalue weighted by atomic mass is 10.0. The van der Waals surface area contributed by atoms with E-state index in [4.69, 9.17) is 11.6 Å². The monoisotopic (exact) mass is 440 g/mol. The smallest absolute Gasteiger partial charge is 0.256 e. The first-order chi connectivity index (χ1) is 12.8. The molecule has 1 N–H and O–H groups in total. The fraction of sp³-hybridized carbons (Fsp3) is 0.136. The van der Waals surface area contributed by atoms with Crippen LogP contribution < -0.4 is 5.32 Å². The van der Waals surface area contributed by atoms with Crippen molar-refractivity contribution >= 4 is 50.8 Å². The summed E-state index contributed by atoms with van der Waals surface area (Å²) in [4.78, 5) is 12.5. The van der Waals surface area contributed by atoms with E-state index in [1.807, 2.05) is 18.2 Å². The predicted octanol–water partition coefficient (Wildman–Crippen LogP) is 6.31. The third kappa shape index (κ3) is 3.13. The van der Waals surface area contributed by atoms with Gasteiger partial charge in [0, 0.05) is 37.7 Å². The van der Waals surface area contributed by atoms with E-state index in [1.54, 1.807) is 6.07 Å². The molecule has 0 radical (unpaired) electrons. The van der Waals surface area contributed by atoms with E-state index in [2.05, 4.69) is 70.9 Å². The van der Waals surface area contributed by atoms with Crippen molar-refractivity contribution in [2.75, 3.05) is 5.32 Å². The summed E-state index contributed by atoms with van der Waals surface area (Å²) < 4.78 is 3.30. The van der Waals surface area contributed by atoms with Crippen molar-refractivity contribution in [2.24, 2.45) is 0 Å². The second-order valence-electron chi connectivity index (χ2n) is 6.80. The van der Waals surface area contributed by atoms with Gasteiger partial charge in [0.2, 0.25) is 0 Å². The maximum absolute atomic E-state index is 12.5. The molecule has 5 heteroatoms. The Bertz CT molecular complexity index is 1130. The van der Waals surface area contributed by atoms with Crippen LogP contribution in [0.1, 0.15) is 28.1 Å². The van der Waals surface area contributed by atoms with Gasteiger partial charge in [0.15, 0.2) is 0 Å². The van der Waals surface area contributed by atoms with Crippen LogP contribution in [0.4, 0.5) is 5.69 Å². The first kappa shape index (κ1) is 18.1. The molecule has 2 heterocycles. The van der Waals surface area contributed by atoms with E-state index in [-0.39, 0.29) is 5.91 Å².